The van der Waals surface area contributed by atoms with Crippen molar-refractivity contribution in [1.82, 2.24) is 4.90 Å². The molecule has 0 bridgehead atoms. The van der Waals surface area contributed by atoms with Gasteiger partial charge >= 0.3 is 0 Å². The van der Waals surface area contributed by atoms with E-state index in [9.17, 15) is 9.90 Å². The van der Waals surface area contributed by atoms with Gasteiger partial charge in [0.2, 0.25) is 0 Å². The van der Waals surface area contributed by atoms with Crippen LogP contribution in [0.4, 0.5) is 0 Å². The lowest BCUT2D eigenvalue weighted by molar-refractivity contribution is 0.0529. The van der Waals surface area contributed by atoms with Crippen LogP contribution in [0.25, 0.3) is 0 Å². The minimum atomic E-state index is -0.544. The molecular weight excluding hydrogens is 294 g/mol. The van der Waals surface area contributed by atoms with Crippen LogP contribution < -0.4 is 9.47 Å². The summed E-state index contributed by atoms with van der Waals surface area (Å²) in [5.74, 6) is 1.73. The van der Waals surface area contributed by atoms with E-state index in [-0.39, 0.29) is 12.4 Å². The Morgan fingerprint density at radius 1 is 1.43 bits per heavy atom. The van der Waals surface area contributed by atoms with Gasteiger partial charge in [0, 0.05) is 18.7 Å². The van der Waals surface area contributed by atoms with Crippen LogP contribution in [0, 0.1) is 5.92 Å². The number of carbonyl (C=O) groups is 1. The number of aliphatic hydroxyl groups is 1. The van der Waals surface area contributed by atoms with Crippen LogP contribution in [0.5, 0.6) is 11.5 Å². The van der Waals surface area contributed by atoms with Crippen LogP contribution in [0.15, 0.2) is 18.2 Å². The highest BCUT2D eigenvalue weighted by molar-refractivity contribution is 5.94. The molecule has 1 aromatic carbocycles. The number of likely N-dealkylation sites (tertiary alicyclic amines) is 1. The molecule has 1 heterocycles. The smallest absolute Gasteiger partial charge is 0.161 e. The molecule has 1 aliphatic heterocycles. The zero-order chi connectivity index (χ0) is 16.8. The number of ether oxygens (including phenoxy) is 2. The fourth-order valence-corrected chi connectivity index (χ4v) is 3.00. The Morgan fingerprint density at radius 2 is 2.22 bits per heavy atom. The van der Waals surface area contributed by atoms with Crippen molar-refractivity contribution in [3.05, 3.63) is 23.8 Å². The molecule has 0 spiro atoms. The van der Waals surface area contributed by atoms with Crippen molar-refractivity contribution in [2.24, 2.45) is 5.92 Å². The van der Waals surface area contributed by atoms with E-state index in [1.165, 1.54) is 26.9 Å². The first kappa shape index (κ1) is 17.8. The van der Waals surface area contributed by atoms with Gasteiger partial charge in [-0.05, 0) is 50.4 Å². The number of Topliss-reactive ketones (excluding diaryl/α,β-unsaturated/α-hetero) is 1. The number of hydrogen-bond donors (Lipinski definition) is 1. The zero-order valence-corrected chi connectivity index (χ0v) is 14.2. The molecule has 0 aromatic heterocycles. The quantitative estimate of drug-likeness (QED) is 0.781. The molecule has 1 N–H and O–H groups in total. The maximum atomic E-state index is 11.4. The third kappa shape index (κ3) is 5.22. The van der Waals surface area contributed by atoms with Crippen LogP contribution in [-0.2, 0) is 0 Å². The molecule has 0 saturated carbocycles. The van der Waals surface area contributed by atoms with E-state index < -0.39 is 6.10 Å². The van der Waals surface area contributed by atoms with Gasteiger partial charge in [0.05, 0.1) is 7.11 Å². The highest BCUT2D eigenvalue weighted by Crippen LogP contribution is 2.28. The third-order valence-corrected chi connectivity index (χ3v) is 4.21. The highest BCUT2D eigenvalue weighted by Gasteiger charge is 2.19. The zero-order valence-electron chi connectivity index (χ0n) is 14.2. The van der Waals surface area contributed by atoms with Gasteiger partial charge in [-0.3, -0.25) is 4.79 Å². The molecule has 5 nitrogen and oxygen atoms in total. The van der Waals surface area contributed by atoms with Gasteiger partial charge in [-0.25, -0.2) is 0 Å². The number of benzene rings is 1. The average Bonchev–Trinajstić information content (AvgIpc) is 2.52. The second-order valence-electron chi connectivity index (χ2n) is 6.39. The minimum Gasteiger partial charge on any atom is -0.493 e. The predicted molar refractivity (Wildman–Crippen MR) is 89.3 cm³/mol. The monoisotopic (exact) mass is 321 g/mol. The SMILES string of the molecule is COc1cc(C(C)=O)ccc1OC[C@H](O)CN1CCC[C@H](C)C1. The summed E-state index contributed by atoms with van der Waals surface area (Å²) in [5, 5.41) is 10.2. The third-order valence-electron chi connectivity index (χ3n) is 4.21. The molecule has 1 aliphatic rings. The summed E-state index contributed by atoms with van der Waals surface area (Å²) in [5.41, 5.74) is 0.581. The van der Waals surface area contributed by atoms with Crippen molar-refractivity contribution in [3.8, 4) is 11.5 Å². The van der Waals surface area contributed by atoms with Gasteiger partial charge < -0.3 is 19.5 Å². The number of aliphatic hydroxyl groups excluding tert-OH is 1. The van der Waals surface area contributed by atoms with E-state index in [0.717, 1.165) is 13.1 Å². The Morgan fingerprint density at radius 3 is 2.87 bits per heavy atom. The first-order valence-corrected chi connectivity index (χ1v) is 8.21. The van der Waals surface area contributed by atoms with E-state index in [0.29, 0.717) is 29.5 Å². The van der Waals surface area contributed by atoms with Crippen LogP contribution in [0.3, 0.4) is 0 Å². The van der Waals surface area contributed by atoms with Crippen LogP contribution in [0.1, 0.15) is 37.0 Å². The number of nitrogens with zero attached hydrogens (tertiary/aromatic N) is 1. The number of carbonyl (C=O) groups excluding carboxylic acids is 1. The Balaban J connectivity index is 1.88. The van der Waals surface area contributed by atoms with E-state index in [1.54, 1.807) is 18.2 Å². The van der Waals surface area contributed by atoms with Gasteiger partial charge in [0.25, 0.3) is 0 Å². The Bertz CT molecular complexity index is 532. The molecule has 1 saturated heterocycles. The van der Waals surface area contributed by atoms with Crippen molar-refractivity contribution < 1.29 is 19.4 Å². The van der Waals surface area contributed by atoms with Gasteiger partial charge in [-0.1, -0.05) is 6.92 Å². The number of piperidine rings is 1. The van der Waals surface area contributed by atoms with Gasteiger partial charge in [-0.15, -0.1) is 0 Å². The van der Waals surface area contributed by atoms with Crippen molar-refractivity contribution in [1.29, 1.82) is 0 Å². The second-order valence-corrected chi connectivity index (χ2v) is 6.39. The Hall–Kier alpha value is -1.59. The number of ketones is 1. The summed E-state index contributed by atoms with van der Waals surface area (Å²) >= 11 is 0. The summed E-state index contributed by atoms with van der Waals surface area (Å²) in [6.45, 7) is 6.67. The maximum Gasteiger partial charge on any atom is 0.161 e. The number of methoxy groups -OCH3 is 1. The van der Waals surface area contributed by atoms with Crippen molar-refractivity contribution in [3.63, 3.8) is 0 Å². The molecule has 2 rings (SSSR count). The molecule has 0 aliphatic carbocycles. The fourth-order valence-electron chi connectivity index (χ4n) is 3.00. The molecule has 2 atom stereocenters. The summed E-state index contributed by atoms with van der Waals surface area (Å²) < 4.78 is 10.9. The molecule has 0 amide bonds. The largest absolute Gasteiger partial charge is 0.493 e. The van der Waals surface area contributed by atoms with Crippen molar-refractivity contribution >= 4 is 5.78 Å². The second kappa shape index (κ2) is 8.31. The summed E-state index contributed by atoms with van der Waals surface area (Å²) in [7, 11) is 1.54. The molecule has 128 valence electrons. The van der Waals surface area contributed by atoms with Crippen molar-refractivity contribution in [2.45, 2.75) is 32.8 Å². The molecule has 1 fully saturated rings. The van der Waals surface area contributed by atoms with Gasteiger partial charge in [0.15, 0.2) is 17.3 Å². The first-order chi connectivity index (χ1) is 11.0. The topological polar surface area (TPSA) is 59.0 Å². The van der Waals surface area contributed by atoms with E-state index >= 15 is 0 Å². The van der Waals surface area contributed by atoms with Crippen LogP contribution in [-0.4, -0.2) is 55.2 Å². The molecule has 23 heavy (non-hydrogen) atoms. The molecule has 5 heteroatoms. The standard InChI is InChI=1S/C18H27NO4/c1-13-5-4-8-19(10-13)11-16(21)12-23-17-7-6-15(14(2)20)9-18(17)22-3/h6-7,9,13,16,21H,4-5,8,10-12H2,1-3H3/t13-,16+/m0/s1. The molecular formula is C18H27NO4. The number of β-amino-alcohol motifs (C(OH)–C–C–N with tert-alkyl or cyclic N) is 1. The molecule has 0 radical (unpaired) electrons. The summed E-state index contributed by atoms with van der Waals surface area (Å²) in [6.07, 6.45) is 1.91. The maximum absolute atomic E-state index is 11.4. The van der Waals surface area contributed by atoms with Crippen LogP contribution in [0.2, 0.25) is 0 Å². The van der Waals surface area contributed by atoms with Crippen LogP contribution >= 0.6 is 0 Å². The molecule has 0 unspecified atom stereocenters. The van der Waals surface area contributed by atoms with E-state index in [2.05, 4.69) is 11.8 Å². The van der Waals surface area contributed by atoms with E-state index in [1.807, 2.05) is 0 Å². The van der Waals surface area contributed by atoms with Crippen molar-refractivity contribution in [2.75, 3.05) is 33.4 Å². The lowest BCUT2D eigenvalue weighted by atomic mass is 10.0. The van der Waals surface area contributed by atoms with Gasteiger partial charge in [-0.2, -0.15) is 0 Å². The number of hydrogen-bond acceptors (Lipinski definition) is 5. The fraction of sp³-hybridized carbons (Fsp3) is 0.611. The molecule has 1 aromatic rings. The summed E-state index contributed by atoms with van der Waals surface area (Å²) in [4.78, 5) is 13.7. The summed E-state index contributed by atoms with van der Waals surface area (Å²) in [6, 6.07) is 5.08. The highest BCUT2D eigenvalue weighted by atomic mass is 16.5. The predicted octanol–water partition coefficient (Wildman–Crippen LogP) is 2.37. The average molecular weight is 321 g/mol. The number of rotatable bonds is 7. The normalized spacial score (nSPS) is 20.1. The Labute approximate surface area is 138 Å². The Kier molecular flexibility index (Phi) is 6.42. The lowest BCUT2D eigenvalue weighted by Gasteiger charge is -2.32. The van der Waals surface area contributed by atoms with E-state index in [4.69, 9.17) is 9.47 Å². The first-order valence-electron chi connectivity index (χ1n) is 8.21. The minimum absolute atomic E-state index is 0.0193. The lowest BCUT2D eigenvalue weighted by Crippen LogP contribution is -2.41. The van der Waals surface area contributed by atoms with Gasteiger partial charge in [0.1, 0.15) is 12.7 Å².